The van der Waals surface area contributed by atoms with Crippen LogP contribution in [0.2, 0.25) is 0 Å². The maximum atomic E-state index is 5.73. The summed E-state index contributed by atoms with van der Waals surface area (Å²) in [4.78, 5) is 4.54. The van der Waals surface area contributed by atoms with Gasteiger partial charge in [0.25, 0.3) is 5.89 Å². The van der Waals surface area contributed by atoms with Crippen LogP contribution in [0.3, 0.4) is 0 Å². The van der Waals surface area contributed by atoms with Crippen molar-refractivity contribution in [1.82, 2.24) is 10.1 Å². The van der Waals surface area contributed by atoms with Gasteiger partial charge >= 0.3 is 0 Å². The van der Waals surface area contributed by atoms with Gasteiger partial charge in [0.1, 0.15) is 6.61 Å². The molecule has 1 saturated carbocycles. The van der Waals surface area contributed by atoms with Gasteiger partial charge in [-0.25, -0.2) is 0 Å². The molecule has 2 aliphatic rings. The fraction of sp³-hybridized carbons (Fsp3) is 0.429. The lowest BCUT2D eigenvalue weighted by atomic mass is 10.1. The molecule has 19 heavy (non-hydrogen) atoms. The Kier molecular flexibility index (Phi) is 2.13. The molecular weight excluding hydrogens is 242 g/mol. The van der Waals surface area contributed by atoms with Gasteiger partial charge in [-0.15, -0.1) is 0 Å². The Morgan fingerprint density at radius 3 is 3.05 bits per heavy atom. The largest absolute Gasteiger partial charge is 0.489 e. The van der Waals surface area contributed by atoms with E-state index in [1.807, 2.05) is 18.2 Å². The fourth-order valence-electron chi connectivity index (χ4n) is 2.33. The zero-order valence-corrected chi connectivity index (χ0v) is 10.8. The van der Waals surface area contributed by atoms with Crippen molar-refractivity contribution in [2.75, 3.05) is 18.5 Å². The minimum absolute atomic E-state index is 0.121. The zero-order valence-electron chi connectivity index (χ0n) is 10.8. The van der Waals surface area contributed by atoms with E-state index in [-0.39, 0.29) is 5.41 Å². The second kappa shape index (κ2) is 3.73. The smallest absolute Gasteiger partial charge is 0.261 e. The van der Waals surface area contributed by atoms with Crippen molar-refractivity contribution in [2.24, 2.45) is 0 Å². The molecule has 1 fully saturated rings. The zero-order chi connectivity index (χ0) is 12.9. The molecule has 0 radical (unpaired) electrons. The van der Waals surface area contributed by atoms with E-state index in [0.29, 0.717) is 12.5 Å². The SMILES string of the molecule is CC1(c2noc(-c3cccc4c3OCCN4)n2)CC1. The molecule has 0 atom stereocenters. The molecular formula is C14H15N3O2. The van der Waals surface area contributed by atoms with Crippen molar-refractivity contribution in [2.45, 2.75) is 25.2 Å². The molecule has 0 unspecified atom stereocenters. The Labute approximate surface area is 111 Å². The normalized spacial score (nSPS) is 19.2. The summed E-state index contributed by atoms with van der Waals surface area (Å²) in [6, 6.07) is 5.92. The molecule has 0 amide bonds. The average Bonchev–Trinajstić information content (AvgIpc) is 3.02. The second-order valence-corrected chi connectivity index (χ2v) is 5.44. The van der Waals surface area contributed by atoms with E-state index in [1.54, 1.807) is 0 Å². The molecule has 0 bridgehead atoms. The van der Waals surface area contributed by atoms with Gasteiger partial charge in [-0.05, 0) is 25.0 Å². The van der Waals surface area contributed by atoms with Crippen LogP contribution in [0, 0.1) is 0 Å². The highest BCUT2D eigenvalue weighted by Gasteiger charge is 2.43. The number of fused-ring (bicyclic) bond motifs is 1. The Balaban J connectivity index is 1.78. The molecule has 1 N–H and O–H groups in total. The van der Waals surface area contributed by atoms with Crippen LogP contribution >= 0.6 is 0 Å². The van der Waals surface area contributed by atoms with Gasteiger partial charge in [0.15, 0.2) is 11.6 Å². The highest BCUT2D eigenvalue weighted by molar-refractivity contribution is 5.74. The molecule has 5 heteroatoms. The number of nitrogens with zero attached hydrogens (tertiary/aromatic N) is 2. The van der Waals surface area contributed by atoms with Gasteiger partial charge in [-0.2, -0.15) is 4.98 Å². The first kappa shape index (κ1) is 10.8. The molecule has 0 spiro atoms. The Morgan fingerprint density at radius 1 is 1.32 bits per heavy atom. The number of aromatic nitrogens is 2. The molecule has 98 valence electrons. The molecule has 1 aliphatic heterocycles. The molecule has 4 rings (SSSR count). The summed E-state index contributed by atoms with van der Waals surface area (Å²) in [5.41, 5.74) is 1.98. The third kappa shape index (κ3) is 1.69. The second-order valence-electron chi connectivity index (χ2n) is 5.44. The Bertz CT molecular complexity index is 631. The predicted octanol–water partition coefficient (Wildman–Crippen LogP) is 2.59. The lowest BCUT2D eigenvalue weighted by Gasteiger charge is -2.20. The predicted molar refractivity (Wildman–Crippen MR) is 70.3 cm³/mol. The van der Waals surface area contributed by atoms with Crippen molar-refractivity contribution in [3.8, 4) is 17.2 Å². The summed E-state index contributed by atoms with van der Waals surface area (Å²) in [5.74, 6) is 2.16. The summed E-state index contributed by atoms with van der Waals surface area (Å²) in [7, 11) is 0. The van der Waals surface area contributed by atoms with Crippen molar-refractivity contribution in [3.63, 3.8) is 0 Å². The molecule has 1 aromatic carbocycles. The summed E-state index contributed by atoms with van der Waals surface area (Å²) >= 11 is 0. The summed E-state index contributed by atoms with van der Waals surface area (Å²) in [5, 5.41) is 7.42. The maximum Gasteiger partial charge on any atom is 0.261 e. The Hall–Kier alpha value is -2.04. The van der Waals surface area contributed by atoms with Gasteiger partial charge in [-0.3, -0.25) is 0 Å². The molecule has 5 nitrogen and oxygen atoms in total. The lowest BCUT2D eigenvalue weighted by Crippen LogP contribution is -2.18. The quantitative estimate of drug-likeness (QED) is 0.896. The summed E-state index contributed by atoms with van der Waals surface area (Å²) < 4.78 is 11.1. The fourth-order valence-corrected chi connectivity index (χ4v) is 2.33. The van der Waals surface area contributed by atoms with Crippen molar-refractivity contribution in [3.05, 3.63) is 24.0 Å². The lowest BCUT2D eigenvalue weighted by molar-refractivity contribution is 0.322. The van der Waals surface area contributed by atoms with E-state index < -0.39 is 0 Å². The number of anilines is 1. The molecule has 2 heterocycles. The van der Waals surface area contributed by atoms with Crippen LogP contribution < -0.4 is 10.1 Å². The van der Waals surface area contributed by atoms with Gasteiger partial charge < -0.3 is 14.6 Å². The van der Waals surface area contributed by atoms with Crippen LogP contribution in [-0.4, -0.2) is 23.3 Å². The van der Waals surface area contributed by atoms with Gasteiger partial charge in [-0.1, -0.05) is 18.1 Å². The molecule has 1 aliphatic carbocycles. The van der Waals surface area contributed by atoms with Crippen LogP contribution in [0.15, 0.2) is 22.7 Å². The van der Waals surface area contributed by atoms with E-state index in [1.165, 1.54) is 0 Å². The van der Waals surface area contributed by atoms with Crippen molar-refractivity contribution in [1.29, 1.82) is 0 Å². The standard InChI is InChI=1S/C14H15N3O2/c1-14(5-6-14)13-16-12(19-17-13)9-3-2-4-10-11(9)18-8-7-15-10/h2-4,15H,5-8H2,1H3. The first-order chi connectivity index (χ1) is 9.26. The van der Waals surface area contributed by atoms with E-state index in [2.05, 4.69) is 22.4 Å². The minimum atomic E-state index is 0.121. The van der Waals surface area contributed by atoms with Crippen molar-refractivity contribution < 1.29 is 9.26 Å². The average molecular weight is 257 g/mol. The highest BCUT2D eigenvalue weighted by Crippen LogP contribution is 2.47. The number of benzene rings is 1. The molecule has 0 saturated heterocycles. The van der Waals surface area contributed by atoms with Crippen LogP contribution in [0.5, 0.6) is 5.75 Å². The number of rotatable bonds is 2. The van der Waals surface area contributed by atoms with Crippen LogP contribution in [-0.2, 0) is 5.41 Å². The van der Waals surface area contributed by atoms with E-state index in [4.69, 9.17) is 9.26 Å². The van der Waals surface area contributed by atoms with Gasteiger partial charge in [0.05, 0.1) is 11.3 Å². The van der Waals surface area contributed by atoms with Crippen LogP contribution in [0.4, 0.5) is 5.69 Å². The minimum Gasteiger partial charge on any atom is -0.489 e. The van der Waals surface area contributed by atoms with E-state index in [9.17, 15) is 0 Å². The van der Waals surface area contributed by atoms with Gasteiger partial charge in [0.2, 0.25) is 0 Å². The number of nitrogens with one attached hydrogen (secondary N) is 1. The van der Waals surface area contributed by atoms with E-state index >= 15 is 0 Å². The van der Waals surface area contributed by atoms with Gasteiger partial charge in [0, 0.05) is 12.0 Å². The van der Waals surface area contributed by atoms with E-state index in [0.717, 1.165) is 42.2 Å². The number of hydrogen-bond acceptors (Lipinski definition) is 5. The number of ether oxygens (including phenoxy) is 1. The van der Waals surface area contributed by atoms with Crippen LogP contribution in [0.25, 0.3) is 11.5 Å². The number of para-hydroxylation sites is 1. The third-order valence-corrected chi connectivity index (χ3v) is 3.88. The third-order valence-electron chi connectivity index (χ3n) is 3.88. The summed E-state index contributed by atoms with van der Waals surface area (Å²) in [6.45, 7) is 3.65. The first-order valence-corrected chi connectivity index (χ1v) is 6.60. The highest BCUT2D eigenvalue weighted by atomic mass is 16.5. The molecule has 2 aromatic rings. The number of hydrogen-bond donors (Lipinski definition) is 1. The summed E-state index contributed by atoms with van der Waals surface area (Å²) in [6.07, 6.45) is 2.27. The van der Waals surface area contributed by atoms with Crippen LogP contribution in [0.1, 0.15) is 25.6 Å². The van der Waals surface area contributed by atoms with Crippen molar-refractivity contribution >= 4 is 5.69 Å². The maximum absolute atomic E-state index is 5.73. The monoisotopic (exact) mass is 257 g/mol. The Morgan fingerprint density at radius 2 is 2.21 bits per heavy atom. The first-order valence-electron chi connectivity index (χ1n) is 6.60. The molecule has 1 aromatic heterocycles. The topological polar surface area (TPSA) is 60.2 Å².